The van der Waals surface area contributed by atoms with Crippen LogP contribution in [0.2, 0.25) is 0 Å². The number of rotatable bonds is 6. The zero-order valence-corrected chi connectivity index (χ0v) is 19.5. The van der Waals surface area contributed by atoms with E-state index >= 15 is 0 Å². The number of nitrogens with one attached hydrogen (secondary N) is 2. The SMILES string of the molecule is O=C(NC(CO)Cc1c[nH]c2ccccc12)c1cc(-c2ccc3c(c2)OCCO3)nc2ccccc12. The average Bonchev–Trinajstić information content (AvgIpc) is 3.34. The molecule has 3 aromatic carbocycles. The van der Waals surface area contributed by atoms with Gasteiger partial charge in [0.25, 0.3) is 5.91 Å². The summed E-state index contributed by atoms with van der Waals surface area (Å²) in [7, 11) is 0. The first-order valence-electron chi connectivity index (χ1n) is 12.0. The number of aliphatic hydroxyl groups is 1. The standard InChI is InChI=1S/C29H25N3O4/c33-17-20(13-19-16-30-24-7-3-1-5-21(19)24)31-29(34)23-15-26(32-25-8-4-2-6-22(23)25)18-9-10-27-28(14-18)36-12-11-35-27/h1-10,14-16,20,30,33H,11-13,17H2,(H,31,34). The van der Waals surface area contributed by atoms with Crippen molar-refractivity contribution < 1.29 is 19.4 Å². The zero-order valence-electron chi connectivity index (χ0n) is 19.5. The minimum absolute atomic E-state index is 0.177. The van der Waals surface area contributed by atoms with Crippen molar-refractivity contribution in [3.63, 3.8) is 0 Å². The highest BCUT2D eigenvalue weighted by Gasteiger charge is 2.20. The number of amides is 1. The van der Waals surface area contributed by atoms with E-state index in [1.807, 2.05) is 72.9 Å². The molecular weight excluding hydrogens is 454 g/mol. The molecule has 7 nitrogen and oxygen atoms in total. The molecule has 0 fully saturated rings. The van der Waals surface area contributed by atoms with Crippen molar-refractivity contribution in [2.24, 2.45) is 0 Å². The van der Waals surface area contributed by atoms with Gasteiger partial charge in [0, 0.05) is 28.0 Å². The van der Waals surface area contributed by atoms with Crippen molar-refractivity contribution in [1.29, 1.82) is 0 Å². The van der Waals surface area contributed by atoms with Gasteiger partial charge in [0.2, 0.25) is 0 Å². The second kappa shape index (κ2) is 9.36. The zero-order chi connectivity index (χ0) is 24.5. The number of hydrogen-bond donors (Lipinski definition) is 3. The lowest BCUT2D eigenvalue weighted by atomic mass is 10.0. The van der Waals surface area contributed by atoms with Crippen LogP contribution in [0.15, 0.2) is 79.0 Å². The van der Waals surface area contributed by atoms with Crippen LogP contribution in [0, 0.1) is 0 Å². The van der Waals surface area contributed by atoms with E-state index in [1.54, 1.807) is 6.07 Å². The molecule has 0 aliphatic carbocycles. The van der Waals surface area contributed by atoms with Gasteiger partial charge in [-0.05, 0) is 48.4 Å². The third kappa shape index (κ3) is 4.14. The first-order valence-corrected chi connectivity index (χ1v) is 12.0. The highest BCUT2D eigenvalue weighted by molar-refractivity contribution is 6.07. The van der Waals surface area contributed by atoms with Crippen molar-refractivity contribution in [3.8, 4) is 22.8 Å². The number of pyridine rings is 1. The van der Waals surface area contributed by atoms with Gasteiger partial charge in [-0.1, -0.05) is 36.4 Å². The molecule has 3 heterocycles. The van der Waals surface area contributed by atoms with Crippen LogP contribution < -0.4 is 14.8 Å². The van der Waals surface area contributed by atoms with Crippen molar-refractivity contribution >= 4 is 27.7 Å². The third-order valence-electron chi connectivity index (χ3n) is 6.50. The van der Waals surface area contributed by atoms with Crippen LogP contribution in [0.3, 0.4) is 0 Å². The fourth-order valence-electron chi connectivity index (χ4n) is 4.70. The molecule has 0 saturated carbocycles. The molecule has 7 heteroatoms. The Balaban J connectivity index is 1.33. The normalized spacial score (nSPS) is 13.6. The molecule has 0 spiro atoms. The minimum atomic E-state index is -0.443. The smallest absolute Gasteiger partial charge is 0.252 e. The first kappa shape index (κ1) is 22.1. The lowest BCUT2D eigenvalue weighted by Gasteiger charge is -2.19. The van der Waals surface area contributed by atoms with Crippen LogP contribution in [0.4, 0.5) is 0 Å². The second-order valence-corrected chi connectivity index (χ2v) is 8.85. The van der Waals surface area contributed by atoms with Gasteiger partial charge in [-0.15, -0.1) is 0 Å². The number of hydrogen-bond acceptors (Lipinski definition) is 5. The van der Waals surface area contributed by atoms with E-state index in [1.165, 1.54) is 0 Å². The average molecular weight is 480 g/mol. The van der Waals surface area contributed by atoms with Crippen LogP contribution >= 0.6 is 0 Å². The van der Waals surface area contributed by atoms with Gasteiger partial charge in [-0.2, -0.15) is 0 Å². The number of carbonyl (C=O) groups is 1. The molecule has 180 valence electrons. The lowest BCUT2D eigenvalue weighted by Crippen LogP contribution is -2.39. The molecule has 1 atom stereocenters. The Kier molecular flexibility index (Phi) is 5.75. The van der Waals surface area contributed by atoms with Crippen LogP contribution in [0.5, 0.6) is 11.5 Å². The molecule has 0 bridgehead atoms. The molecule has 1 amide bonds. The minimum Gasteiger partial charge on any atom is -0.486 e. The Labute approximate surface area is 207 Å². The van der Waals surface area contributed by atoms with Crippen LogP contribution in [0.25, 0.3) is 33.1 Å². The number of H-pyrrole nitrogens is 1. The summed E-state index contributed by atoms with van der Waals surface area (Å²) in [5.41, 5.74) is 4.78. The van der Waals surface area contributed by atoms with E-state index in [9.17, 15) is 9.90 Å². The molecule has 36 heavy (non-hydrogen) atoms. The number of nitrogens with zero attached hydrogens (tertiary/aromatic N) is 1. The second-order valence-electron chi connectivity index (χ2n) is 8.85. The topological polar surface area (TPSA) is 96.5 Å². The molecule has 1 aliphatic heterocycles. The third-order valence-corrected chi connectivity index (χ3v) is 6.50. The molecule has 5 aromatic rings. The van der Waals surface area contributed by atoms with Gasteiger partial charge in [-0.3, -0.25) is 4.79 Å². The Morgan fingerprint density at radius 2 is 1.75 bits per heavy atom. The monoisotopic (exact) mass is 479 g/mol. The van der Waals surface area contributed by atoms with E-state index in [2.05, 4.69) is 10.3 Å². The van der Waals surface area contributed by atoms with Crippen LogP contribution in [-0.2, 0) is 6.42 Å². The van der Waals surface area contributed by atoms with Crippen molar-refractivity contribution in [3.05, 3.63) is 90.1 Å². The number of carbonyl (C=O) groups excluding carboxylic acids is 1. The molecule has 3 N–H and O–H groups in total. The Morgan fingerprint density at radius 3 is 2.61 bits per heavy atom. The van der Waals surface area contributed by atoms with E-state index in [0.717, 1.165) is 27.4 Å². The predicted octanol–water partition coefficient (Wildman–Crippen LogP) is 4.49. The Bertz CT molecular complexity index is 1580. The Morgan fingerprint density at radius 1 is 0.972 bits per heavy atom. The predicted molar refractivity (Wildman–Crippen MR) is 139 cm³/mol. The van der Waals surface area contributed by atoms with Gasteiger partial charge in [-0.25, -0.2) is 4.98 Å². The summed E-state index contributed by atoms with van der Waals surface area (Å²) in [5.74, 6) is 1.11. The van der Waals surface area contributed by atoms with Gasteiger partial charge in [0.1, 0.15) is 13.2 Å². The molecule has 2 aromatic heterocycles. The maximum Gasteiger partial charge on any atom is 0.252 e. The molecule has 6 rings (SSSR count). The lowest BCUT2D eigenvalue weighted by molar-refractivity contribution is 0.0918. The largest absolute Gasteiger partial charge is 0.486 e. The summed E-state index contributed by atoms with van der Waals surface area (Å²) >= 11 is 0. The molecule has 0 saturated heterocycles. The number of para-hydroxylation sites is 2. The number of benzene rings is 3. The molecule has 0 radical (unpaired) electrons. The first-order chi connectivity index (χ1) is 17.7. The highest BCUT2D eigenvalue weighted by atomic mass is 16.6. The van der Waals surface area contributed by atoms with E-state index in [-0.39, 0.29) is 12.5 Å². The number of fused-ring (bicyclic) bond motifs is 3. The summed E-state index contributed by atoms with van der Waals surface area (Å²) < 4.78 is 11.4. The van der Waals surface area contributed by atoms with E-state index < -0.39 is 6.04 Å². The number of aliphatic hydroxyl groups excluding tert-OH is 1. The number of ether oxygens (including phenoxy) is 2. The van der Waals surface area contributed by atoms with Gasteiger partial charge < -0.3 is 24.9 Å². The maximum atomic E-state index is 13.5. The van der Waals surface area contributed by atoms with Crippen LogP contribution in [0.1, 0.15) is 15.9 Å². The van der Waals surface area contributed by atoms with Crippen molar-refractivity contribution in [2.75, 3.05) is 19.8 Å². The van der Waals surface area contributed by atoms with Gasteiger partial charge in [0.05, 0.1) is 29.4 Å². The Hall–Kier alpha value is -4.36. The van der Waals surface area contributed by atoms with Crippen molar-refractivity contribution in [1.82, 2.24) is 15.3 Å². The molecule has 1 aliphatic rings. The summed E-state index contributed by atoms with van der Waals surface area (Å²) in [4.78, 5) is 21.6. The summed E-state index contributed by atoms with van der Waals surface area (Å²) in [6.45, 7) is 0.840. The summed E-state index contributed by atoms with van der Waals surface area (Å²) in [6, 6.07) is 22.6. The quantitative estimate of drug-likeness (QED) is 0.334. The van der Waals surface area contributed by atoms with Crippen LogP contribution in [-0.4, -0.2) is 46.8 Å². The van der Waals surface area contributed by atoms with Gasteiger partial charge >= 0.3 is 0 Å². The maximum absolute atomic E-state index is 13.5. The fourth-order valence-corrected chi connectivity index (χ4v) is 4.70. The molecule has 1 unspecified atom stereocenters. The summed E-state index contributed by atoms with van der Waals surface area (Å²) in [6.07, 6.45) is 2.44. The highest BCUT2D eigenvalue weighted by Crippen LogP contribution is 2.35. The van der Waals surface area contributed by atoms with Crippen molar-refractivity contribution in [2.45, 2.75) is 12.5 Å². The number of aromatic amines is 1. The van der Waals surface area contributed by atoms with E-state index in [4.69, 9.17) is 14.5 Å². The molecular formula is C29H25N3O4. The van der Waals surface area contributed by atoms with E-state index in [0.29, 0.717) is 47.9 Å². The summed E-state index contributed by atoms with van der Waals surface area (Å²) in [5, 5.41) is 15.0. The number of aromatic nitrogens is 2. The van der Waals surface area contributed by atoms with Gasteiger partial charge in [0.15, 0.2) is 11.5 Å². The fraction of sp³-hybridized carbons (Fsp3) is 0.172.